The molecule has 0 fully saturated rings. The van der Waals surface area contributed by atoms with E-state index in [-0.39, 0.29) is 0 Å². The first-order valence-electron chi connectivity index (χ1n) is 7.19. The van der Waals surface area contributed by atoms with Gasteiger partial charge in [-0.1, -0.05) is 48.0 Å². The van der Waals surface area contributed by atoms with Gasteiger partial charge in [-0.3, -0.25) is 4.99 Å². The molecule has 0 bridgehead atoms. The second kappa shape index (κ2) is 7.87. The summed E-state index contributed by atoms with van der Waals surface area (Å²) < 4.78 is 26.7. The Morgan fingerprint density at radius 2 is 1.73 bits per heavy atom. The molecule has 0 saturated carbocycles. The quantitative estimate of drug-likeness (QED) is 0.631. The fourth-order valence-corrected chi connectivity index (χ4v) is 2.96. The molecule has 0 aliphatic heterocycles. The molecule has 0 aliphatic carbocycles. The Morgan fingerprint density at radius 3 is 2.41 bits per heavy atom. The molecule has 0 saturated heterocycles. The summed E-state index contributed by atoms with van der Waals surface area (Å²) in [6, 6.07) is 16.6. The number of hydrogen-bond acceptors (Lipinski definition) is 3. The predicted octanol–water partition coefficient (Wildman–Crippen LogP) is 2.78. The maximum Gasteiger partial charge on any atom is 0.240 e. The first-order valence-corrected chi connectivity index (χ1v) is 8.67. The lowest BCUT2D eigenvalue weighted by Gasteiger charge is -2.06. The van der Waals surface area contributed by atoms with Crippen LogP contribution in [0.4, 0.5) is 0 Å². The number of sulfonamides is 1. The molecule has 1 N–H and O–H groups in total. The van der Waals surface area contributed by atoms with Gasteiger partial charge in [0.25, 0.3) is 0 Å². The molecule has 5 heteroatoms. The van der Waals surface area contributed by atoms with Crippen LogP contribution in [0, 0.1) is 6.92 Å². The van der Waals surface area contributed by atoms with E-state index in [1.165, 1.54) is 0 Å². The van der Waals surface area contributed by atoms with Gasteiger partial charge in [0.2, 0.25) is 10.0 Å². The van der Waals surface area contributed by atoms with Crippen LogP contribution in [0.3, 0.4) is 0 Å². The summed E-state index contributed by atoms with van der Waals surface area (Å²) in [6.45, 7) is 2.89. The van der Waals surface area contributed by atoms with Crippen molar-refractivity contribution in [3.8, 4) is 0 Å². The first-order chi connectivity index (χ1) is 10.6. The minimum absolute atomic E-state index is 0.297. The Balaban J connectivity index is 1.76. The van der Waals surface area contributed by atoms with E-state index in [4.69, 9.17) is 0 Å². The van der Waals surface area contributed by atoms with Crippen LogP contribution in [-0.4, -0.2) is 27.7 Å². The molecule has 2 aromatic carbocycles. The largest absolute Gasteiger partial charge is 0.293 e. The van der Waals surface area contributed by atoms with Crippen LogP contribution in [0.15, 0.2) is 64.5 Å². The fourth-order valence-electron chi connectivity index (χ4n) is 1.89. The summed E-state index contributed by atoms with van der Waals surface area (Å²) in [5.41, 5.74) is 2.08. The van der Waals surface area contributed by atoms with Gasteiger partial charge in [-0.05, 0) is 31.0 Å². The molecule has 0 radical (unpaired) electrons. The van der Waals surface area contributed by atoms with Crippen molar-refractivity contribution in [1.82, 2.24) is 4.72 Å². The van der Waals surface area contributed by atoms with Gasteiger partial charge in [0.15, 0.2) is 0 Å². The topological polar surface area (TPSA) is 58.5 Å². The van der Waals surface area contributed by atoms with Crippen molar-refractivity contribution in [3.63, 3.8) is 0 Å². The lowest BCUT2D eigenvalue weighted by molar-refractivity contribution is 0.579. The average Bonchev–Trinajstić information content (AvgIpc) is 2.52. The molecule has 22 heavy (non-hydrogen) atoms. The third-order valence-electron chi connectivity index (χ3n) is 3.13. The first kappa shape index (κ1) is 16.4. The minimum atomic E-state index is -3.42. The minimum Gasteiger partial charge on any atom is -0.293 e. The van der Waals surface area contributed by atoms with E-state index in [0.717, 1.165) is 11.1 Å². The molecule has 2 aromatic rings. The van der Waals surface area contributed by atoms with Gasteiger partial charge in [-0.15, -0.1) is 0 Å². The van der Waals surface area contributed by atoms with E-state index < -0.39 is 10.0 Å². The van der Waals surface area contributed by atoms with E-state index in [9.17, 15) is 8.42 Å². The van der Waals surface area contributed by atoms with E-state index in [0.29, 0.717) is 24.4 Å². The molecule has 4 nitrogen and oxygen atoms in total. The number of benzene rings is 2. The maximum atomic E-state index is 12.0. The summed E-state index contributed by atoms with van der Waals surface area (Å²) in [5, 5.41) is 0. The summed E-state index contributed by atoms with van der Waals surface area (Å²) in [6.07, 6.45) is 2.46. The van der Waals surface area contributed by atoms with Crippen molar-refractivity contribution in [3.05, 3.63) is 65.7 Å². The Morgan fingerprint density at radius 1 is 1.05 bits per heavy atom. The lowest BCUT2D eigenvalue weighted by Crippen LogP contribution is -2.25. The van der Waals surface area contributed by atoms with Crippen LogP contribution in [0.5, 0.6) is 0 Å². The van der Waals surface area contributed by atoms with Crippen molar-refractivity contribution in [2.24, 2.45) is 4.99 Å². The fraction of sp³-hybridized carbons (Fsp3) is 0.235. The highest BCUT2D eigenvalue weighted by Crippen LogP contribution is 2.09. The molecule has 116 valence electrons. The van der Waals surface area contributed by atoms with Crippen LogP contribution < -0.4 is 4.72 Å². The smallest absolute Gasteiger partial charge is 0.240 e. The number of nitrogens with zero attached hydrogens (tertiary/aromatic N) is 1. The molecular weight excluding hydrogens is 296 g/mol. The zero-order valence-corrected chi connectivity index (χ0v) is 13.4. The number of aliphatic imine (C=N–C) groups is 1. The van der Waals surface area contributed by atoms with E-state index in [1.54, 1.807) is 30.5 Å². The standard InChI is InChI=1S/C17H20N2O2S/c1-15-8-10-17(11-9-15)22(20,21)19-13-5-12-18-14-16-6-3-2-4-7-16/h2-4,6-11,14,19H,5,12-13H2,1H3. The SMILES string of the molecule is Cc1ccc(S(=O)(=O)NCCCN=Cc2ccccc2)cc1. The Bertz CT molecular complexity index is 708. The Labute approximate surface area is 132 Å². The van der Waals surface area contributed by atoms with Gasteiger partial charge in [0, 0.05) is 19.3 Å². The lowest BCUT2D eigenvalue weighted by atomic mass is 10.2. The van der Waals surface area contributed by atoms with E-state index in [1.807, 2.05) is 37.3 Å². The molecule has 0 heterocycles. The third-order valence-corrected chi connectivity index (χ3v) is 4.60. The van der Waals surface area contributed by atoms with Crippen LogP contribution in [0.2, 0.25) is 0 Å². The summed E-state index contributed by atoms with van der Waals surface area (Å²) >= 11 is 0. The third kappa shape index (κ3) is 5.09. The zero-order valence-electron chi connectivity index (χ0n) is 12.6. The maximum absolute atomic E-state index is 12.0. The molecule has 2 rings (SSSR count). The molecule has 0 spiro atoms. The Kier molecular flexibility index (Phi) is 5.86. The van der Waals surface area contributed by atoms with Gasteiger partial charge in [-0.25, -0.2) is 13.1 Å². The van der Waals surface area contributed by atoms with Crippen LogP contribution in [-0.2, 0) is 10.0 Å². The zero-order chi connectivity index (χ0) is 15.8. The van der Waals surface area contributed by atoms with E-state index >= 15 is 0 Å². The van der Waals surface area contributed by atoms with Gasteiger partial charge < -0.3 is 0 Å². The molecule has 0 atom stereocenters. The van der Waals surface area contributed by atoms with Crippen molar-refractivity contribution in [1.29, 1.82) is 0 Å². The normalized spacial score (nSPS) is 11.9. The molecular formula is C17H20N2O2S. The van der Waals surface area contributed by atoms with Crippen LogP contribution in [0.1, 0.15) is 17.5 Å². The summed E-state index contributed by atoms with van der Waals surface area (Å²) in [5.74, 6) is 0. The molecule has 0 unspecified atom stereocenters. The van der Waals surface area contributed by atoms with E-state index in [2.05, 4.69) is 9.71 Å². The van der Waals surface area contributed by atoms with Gasteiger partial charge in [-0.2, -0.15) is 0 Å². The second-order valence-corrected chi connectivity index (χ2v) is 6.78. The number of rotatable bonds is 7. The average molecular weight is 316 g/mol. The Hall–Kier alpha value is -1.98. The van der Waals surface area contributed by atoms with Crippen molar-refractivity contribution < 1.29 is 8.42 Å². The van der Waals surface area contributed by atoms with Crippen LogP contribution >= 0.6 is 0 Å². The number of aryl methyl sites for hydroxylation is 1. The predicted molar refractivity (Wildman–Crippen MR) is 89.9 cm³/mol. The molecule has 0 amide bonds. The van der Waals surface area contributed by atoms with Gasteiger partial charge in [0.1, 0.15) is 0 Å². The number of hydrogen-bond donors (Lipinski definition) is 1. The monoisotopic (exact) mass is 316 g/mol. The summed E-state index contributed by atoms with van der Waals surface area (Å²) in [4.78, 5) is 4.58. The van der Waals surface area contributed by atoms with Gasteiger partial charge in [0.05, 0.1) is 4.90 Å². The summed E-state index contributed by atoms with van der Waals surface area (Å²) in [7, 11) is -3.42. The second-order valence-electron chi connectivity index (χ2n) is 5.01. The van der Waals surface area contributed by atoms with Gasteiger partial charge >= 0.3 is 0 Å². The van der Waals surface area contributed by atoms with Crippen LogP contribution in [0.25, 0.3) is 0 Å². The highest BCUT2D eigenvalue weighted by Gasteiger charge is 2.12. The number of nitrogens with one attached hydrogen (secondary N) is 1. The van der Waals surface area contributed by atoms with Crippen molar-refractivity contribution in [2.45, 2.75) is 18.2 Å². The highest BCUT2D eigenvalue weighted by atomic mass is 32.2. The highest BCUT2D eigenvalue weighted by molar-refractivity contribution is 7.89. The van der Waals surface area contributed by atoms with Crippen molar-refractivity contribution in [2.75, 3.05) is 13.1 Å². The molecule has 0 aliphatic rings. The van der Waals surface area contributed by atoms with Crippen molar-refractivity contribution >= 4 is 16.2 Å². The molecule has 0 aromatic heterocycles.